The lowest BCUT2D eigenvalue weighted by molar-refractivity contribution is 0.407. The summed E-state index contributed by atoms with van der Waals surface area (Å²) in [5.41, 5.74) is 1.46. The molecule has 3 rings (SSSR count). The molecule has 0 atom stereocenters. The average Bonchev–Trinajstić information content (AvgIpc) is 3.05. The van der Waals surface area contributed by atoms with E-state index in [9.17, 15) is 12.8 Å². The number of ether oxygens (including phenoxy) is 1. The van der Waals surface area contributed by atoms with Crippen molar-refractivity contribution in [1.82, 2.24) is 15.0 Å². The Balaban J connectivity index is 2.09. The maximum atomic E-state index is 13.7. The number of hydrogen-bond acceptors (Lipinski definition) is 5. The van der Waals surface area contributed by atoms with Crippen molar-refractivity contribution in [3.05, 3.63) is 58.5 Å². The van der Waals surface area contributed by atoms with Crippen LogP contribution in [-0.4, -0.2) is 30.5 Å². The van der Waals surface area contributed by atoms with Crippen LogP contribution in [0.3, 0.4) is 0 Å². The van der Waals surface area contributed by atoms with Crippen molar-refractivity contribution < 1.29 is 17.5 Å². The molecule has 0 fully saturated rings. The summed E-state index contributed by atoms with van der Waals surface area (Å²) in [4.78, 5) is 0.116. The van der Waals surface area contributed by atoms with E-state index in [1.807, 2.05) is 20.8 Å². The molecule has 0 unspecified atom stereocenters. The zero-order chi connectivity index (χ0) is 21.6. The van der Waals surface area contributed by atoms with Gasteiger partial charge in [0.1, 0.15) is 17.3 Å². The van der Waals surface area contributed by atoms with Crippen LogP contribution >= 0.6 is 11.6 Å². The van der Waals surface area contributed by atoms with E-state index in [1.165, 1.54) is 17.9 Å². The molecule has 29 heavy (non-hydrogen) atoms. The number of nitrogens with zero attached hydrogens (tertiary/aromatic N) is 3. The maximum Gasteiger partial charge on any atom is 0.227 e. The first-order valence-electron chi connectivity index (χ1n) is 8.78. The fourth-order valence-corrected chi connectivity index (χ4v) is 4.38. The molecule has 154 valence electrons. The van der Waals surface area contributed by atoms with Gasteiger partial charge in [-0.2, -0.15) is 0 Å². The number of sulfone groups is 1. The van der Waals surface area contributed by atoms with E-state index in [0.717, 1.165) is 11.6 Å². The average molecular weight is 438 g/mol. The molecule has 0 bridgehead atoms. The minimum absolute atomic E-state index is 0.0975. The first-order chi connectivity index (χ1) is 13.5. The Hall–Kier alpha value is -2.45. The third-order valence-corrected chi connectivity index (χ3v) is 6.66. The molecular weight excluding hydrogens is 417 g/mol. The van der Waals surface area contributed by atoms with Crippen LogP contribution in [0.2, 0.25) is 5.02 Å². The molecule has 0 radical (unpaired) electrons. The topological polar surface area (TPSA) is 74.1 Å². The molecule has 0 saturated heterocycles. The summed E-state index contributed by atoms with van der Waals surface area (Å²) in [7, 11) is -2.53. The van der Waals surface area contributed by atoms with Crippen LogP contribution in [0.25, 0.3) is 5.69 Å². The van der Waals surface area contributed by atoms with Crippen molar-refractivity contribution in [2.75, 3.05) is 7.11 Å². The van der Waals surface area contributed by atoms with E-state index < -0.39 is 15.7 Å². The standard InChI is InChI=1S/C20H21ClFN3O3S/c1-12-19(29(26,27)14-8-6-13(7-9-14)20(2,3)4)23-24-25(12)17-10-15(21)16(22)11-18(17)28-5/h6-11H,1-5H3. The Morgan fingerprint density at radius 1 is 1.14 bits per heavy atom. The van der Waals surface area contributed by atoms with Gasteiger partial charge in [-0.25, -0.2) is 17.5 Å². The van der Waals surface area contributed by atoms with Crippen LogP contribution in [0.4, 0.5) is 4.39 Å². The molecular formula is C20H21ClFN3O3S. The summed E-state index contributed by atoms with van der Waals surface area (Å²) >= 11 is 5.88. The summed E-state index contributed by atoms with van der Waals surface area (Å²) in [5.74, 6) is -0.504. The SMILES string of the molecule is COc1cc(F)c(Cl)cc1-n1nnc(S(=O)(=O)c2ccc(C(C)(C)C)cc2)c1C. The van der Waals surface area contributed by atoms with E-state index >= 15 is 0 Å². The normalized spacial score (nSPS) is 12.2. The smallest absolute Gasteiger partial charge is 0.227 e. The number of benzene rings is 2. The highest BCUT2D eigenvalue weighted by Gasteiger charge is 2.27. The zero-order valence-electron chi connectivity index (χ0n) is 16.7. The Labute approximate surface area is 174 Å². The predicted molar refractivity (Wildman–Crippen MR) is 108 cm³/mol. The van der Waals surface area contributed by atoms with Crippen LogP contribution in [0, 0.1) is 12.7 Å². The number of rotatable bonds is 4. The van der Waals surface area contributed by atoms with Crippen LogP contribution in [0.5, 0.6) is 5.75 Å². The van der Waals surface area contributed by atoms with E-state index in [2.05, 4.69) is 10.3 Å². The van der Waals surface area contributed by atoms with E-state index in [4.69, 9.17) is 16.3 Å². The summed E-state index contributed by atoms with van der Waals surface area (Å²) in [5, 5.41) is 7.48. The largest absolute Gasteiger partial charge is 0.494 e. The van der Waals surface area contributed by atoms with Gasteiger partial charge in [-0.05, 0) is 36.1 Å². The van der Waals surface area contributed by atoms with E-state index in [0.29, 0.717) is 0 Å². The van der Waals surface area contributed by atoms with Gasteiger partial charge in [0.2, 0.25) is 14.9 Å². The Bertz CT molecular complexity index is 1170. The van der Waals surface area contributed by atoms with Crippen LogP contribution in [0.1, 0.15) is 32.0 Å². The number of halogens is 2. The molecule has 1 aromatic heterocycles. The van der Waals surface area contributed by atoms with Gasteiger partial charge in [-0.1, -0.05) is 49.7 Å². The van der Waals surface area contributed by atoms with Crippen molar-refractivity contribution in [2.45, 2.75) is 43.0 Å². The van der Waals surface area contributed by atoms with Gasteiger partial charge in [0.15, 0.2) is 0 Å². The molecule has 0 aliphatic rings. The van der Waals surface area contributed by atoms with Gasteiger partial charge in [0.25, 0.3) is 0 Å². The lowest BCUT2D eigenvalue weighted by Gasteiger charge is -2.19. The minimum Gasteiger partial charge on any atom is -0.494 e. The van der Waals surface area contributed by atoms with Crippen LogP contribution in [-0.2, 0) is 15.3 Å². The van der Waals surface area contributed by atoms with Gasteiger partial charge in [0.05, 0.1) is 22.7 Å². The van der Waals surface area contributed by atoms with Gasteiger partial charge >= 0.3 is 0 Å². The van der Waals surface area contributed by atoms with E-state index in [1.54, 1.807) is 31.2 Å². The fraction of sp³-hybridized carbons (Fsp3) is 0.300. The second-order valence-corrected chi connectivity index (χ2v) is 9.88. The first-order valence-corrected chi connectivity index (χ1v) is 10.6. The number of methoxy groups -OCH3 is 1. The first kappa shape index (κ1) is 21.3. The Morgan fingerprint density at radius 2 is 1.76 bits per heavy atom. The molecule has 0 aliphatic heterocycles. The predicted octanol–water partition coefficient (Wildman–Crippen LogP) is 4.51. The highest BCUT2D eigenvalue weighted by Crippen LogP contribution is 2.32. The fourth-order valence-electron chi connectivity index (χ4n) is 2.89. The summed E-state index contributed by atoms with van der Waals surface area (Å²) in [6.45, 7) is 7.71. The van der Waals surface area contributed by atoms with Crippen molar-refractivity contribution in [3.63, 3.8) is 0 Å². The number of aromatic nitrogens is 3. The number of hydrogen-bond donors (Lipinski definition) is 0. The summed E-state index contributed by atoms with van der Waals surface area (Å²) in [6, 6.07) is 9.11. The van der Waals surface area contributed by atoms with Crippen molar-refractivity contribution in [3.8, 4) is 11.4 Å². The molecule has 0 spiro atoms. The highest BCUT2D eigenvalue weighted by atomic mass is 35.5. The Morgan fingerprint density at radius 3 is 2.31 bits per heavy atom. The van der Waals surface area contributed by atoms with E-state index in [-0.39, 0.29) is 37.5 Å². The van der Waals surface area contributed by atoms with Crippen LogP contribution < -0.4 is 4.74 Å². The third-order valence-electron chi connectivity index (χ3n) is 4.59. The molecule has 0 aliphatic carbocycles. The summed E-state index contributed by atoms with van der Waals surface area (Å²) in [6.07, 6.45) is 0. The van der Waals surface area contributed by atoms with Crippen molar-refractivity contribution >= 4 is 21.4 Å². The quantitative estimate of drug-likeness (QED) is 0.600. The molecule has 0 amide bonds. The van der Waals surface area contributed by atoms with Gasteiger partial charge in [-0.3, -0.25) is 0 Å². The molecule has 0 saturated carbocycles. The van der Waals surface area contributed by atoms with Crippen molar-refractivity contribution in [2.24, 2.45) is 0 Å². The monoisotopic (exact) mass is 437 g/mol. The highest BCUT2D eigenvalue weighted by molar-refractivity contribution is 7.91. The maximum absolute atomic E-state index is 13.7. The molecule has 2 aromatic carbocycles. The molecule has 6 nitrogen and oxygen atoms in total. The van der Waals surface area contributed by atoms with Gasteiger partial charge < -0.3 is 4.74 Å². The third kappa shape index (κ3) is 3.86. The zero-order valence-corrected chi connectivity index (χ0v) is 18.3. The lowest BCUT2D eigenvalue weighted by Crippen LogP contribution is -2.12. The molecule has 0 N–H and O–H groups in total. The molecule has 9 heteroatoms. The molecule has 1 heterocycles. The lowest BCUT2D eigenvalue weighted by atomic mass is 9.87. The van der Waals surface area contributed by atoms with Crippen LogP contribution in [0.15, 0.2) is 46.3 Å². The van der Waals surface area contributed by atoms with Crippen molar-refractivity contribution in [1.29, 1.82) is 0 Å². The second-order valence-electron chi connectivity index (χ2n) is 7.61. The van der Waals surface area contributed by atoms with Gasteiger partial charge in [-0.15, -0.1) is 5.10 Å². The Kier molecular flexibility index (Phi) is 5.44. The minimum atomic E-state index is -3.90. The molecule has 3 aromatic rings. The summed E-state index contributed by atoms with van der Waals surface area (Å²) < 4.78 is 46.4. The van der Waals surface area contributed by atoms with Gasteiger partial charge in [0, 0.05) is 6.07 Å². The second kappa shape index (κ2) is 7.42.